The van der Waals surface area contributed by atoms with Crippen molar-refractivity contribution in [2.75, 3.05) is 32.2 Å². The first-order valence-electron chi connectivity index (χ1n) is 8.16. The third kappa shape index (κ3) is 5.74. The number of carbonyl (C=O) groups excluding carboxylic acids is 2. The van der Waals surface area contributed by atoms with Crippen molar-refractivity contribution >= 4 is 21.7 Å². The molecule has 1 fully saturated rings. The molecule has 1 unspecified atom stereocenters. The lowest BCUT2D eigenvalue weighted by molar-refractivity contribution is -0.136. The van der Waals surface area contributed by atoms with Gasteiger partial charge in [0.25, 0.3) is 0 Å². The minimum absolute atomic E-state index is 0.0195. The number of rotatable bonds is 7. The molecule has 7 nitrogen and oxygen atoms in total. The van der Waals surface area contributed by atoms with Crippen LogP contribution in [0.15, 0.2) is 24.3 Å². The van der Waals surface area contributed by atoms with Crippen molar-refractivity contribution in [3.63, 3.8) is 0 Å². The predicted molar refractivity (Wildman–Crippen MR) is 94.2 cm³/mol. The zero-order chi connectivity index (χ0) is 18.4. The van der Waals surface area contributed by atoms with Gasteiger partial charge in [-0.15, -0.1) is 0 Å². The van der Waals surface area contributed by atoms with Crippen LogP contribution in [-0.4, -0.2) is 63.4 Å². The van der Waals surface area contributed by atoms with E-state index in [1.165, 1.54) is 4.90 Å². The van der Waals surface area contributed by atoms with E-state index in [1.807, 2.05) is 24.3 Å². The Labute approximate surface area is 148 Å². The van der Waals surface area contributed by atoms with Crippen molar-refractivity contribution in [1.29, 1.82) is 0 Å². The number of hydrogen-bond acceptors (Lipinski definition) is 5. The molecule has 1 aliphatic rings. The van der Waals surface area contributed by atoms with Crippen LogP contribution in [0.1, 0.15) is 18.4 Å². The Morgan fingerprint density at radius 2 is 1.96 bits per heavy atom. The number of nitrogens with zero attached hydrogens (tertiary/aromatic N) is 1. The molecule has 0 bridgehead atoms. The average Bonchev–Trinajstić information content (AvgIpc) is 2.94. The third-order valence-corrected chi connectivity index (χ3v) is 6.11. The molecule has 1 aromatic rings. The second-order valence-electron chi connectivity index (χ2n) is 6.19. The third-order valence-electron chi connectivity index (χ3n) is 4.36. The van der Waals surface area contributed by atoms with Crippen molar-refractivity contribution in [3.05, 3.63) is 29.8 Å². The largest absolute Gasteiger partial charge is 0.497 e. The Morgan fingerprint density at radius 1 is 1.28 bits per heavy atom. The van der Waals surface area contributed by atoms with E-state index >= 15 is 0 Å². The van der Waals surface area contributed by atoms with E-state index in [-0.39, 0.29) is 35.8 Å². The molecular weight excluding hydrogens is 344 g/mol. The summed E-state index contributed by atoms with van der Waals surface area (Å²) >= 11 is 0. The van der Waals surface area contributed by atoms with Crippen molar-refractivity contribution in [1.82, 2.24) is 10.2 Å². The Kier molecular flexibility index (Phi) is 6.41. The second-order valence-corrected chi connectivity index (χ2v) is 8.42. The Morgan fingerprint density at radius 3 is 2.52 bits per heavy atom. The fourth-order valence-corrected chi connectivity index (χ4v) is 4.52. The lowest BCUT2D eigenvalue weighted by Gasteiger charge is -2.23. The van der Waals surface area contributed by atoms with Crippen LogP contribution in [0, 0.1) is 0 Å². The quantitative estimate of drug-likeness (QED) is 0.703. The van der Waals surface area contributed by atoms with E-state index in [0.717, 1.165) is 11.3 Å². The number of carbonyl (C=O) groups is 2. The number of amides is 2. The van der Waals surface area contributed by atoms with Gasteiger partial charge in [0.05, 0.1) is 18.6 Å². The van der Waals surface area contributed by atoms with E-state index < -0.39 is 9.84 Å². The van der Waals surface area contributed by atoms with Gasteiger partial charge >= 0.3 is 0 Å². The summed E-state index contributed by atoms with van der Waals surface area (Å²) in [7, 11) is 0.0997. The molecule has 2 amide bonds. The monoisotopic (exact) mass is 368 g/mol. The molecule has 2 rings (SSSR count). The zero-order valence-electron chi connectivity index (χ0n) is 14.5. The summed E-state index contributed by atoms with van der Waals surface area (Å²) in [5.74, 6) is 0.142. The van der Waals surface area contributed by atoms with Crippen molar-refractivity contribution in [3.8, 4) is 5.75 Å². The van der Waals surface area contributed by atoms with Gasteiger partial charge in [0.2, 0.25) is 11.8 Å². The molecule has 0 aromatic heterocycles. The molecule has 0 saturated carbocycles. The number of sulfone groups is 1. The topological polar surface area (TPSA) is 92.8 Å². The molecule has 8 heteroatoms. The molecule has 25 heavy (non-hydrogen) atoms. The minimum Gasteiger partial charge on any atom is -0.497 e. The molecular formula is C17H24N2O5S. The molecule has 0 radical (unpaired) electrons. The highest BCUT2D eigenvalue weighted by atomic mass is 32.2. The summed E-state index contributed by atoms with van der Waals surface area (Å²) in [4.78, 5) is 25.4. The van der Waals surface area contributed by atoms with E-state index in [2.05, 4.69) is 5.32 Å². The lowest BCUT2D eigenvalue weighted by atomic mass is 10.1. The normalized spacial score (nSPS) is 18.6. The smallest absolute Gasteiger partial charge is 0.232 e. The van der Waals surface area contributed by atoms with Gasteiger partial charge in [0, 0.05) is 19.6 Å². The van der Waals surface area contributed by atoms with E-state index in [9.17, 15) is 18.0 Å². The van der Waals surface area contributed by atoms with E-state index in [0.29, 0.717) is 19.4 Å². The number of hydrogen-bond donors (Lipinski definition) is 1. The number of ether oxygens (including phenoxy) is 1. The van der Waals surface area contributed by atoms with Crippen LogP contribution in [0.25, 0.3) is 0 Å². The maximum atomic E-state index is 12.1. The molecule has 138 valence electrons. The predicted octanol–water partition coefficient (Wildman–Crippen LogP) is 0.390. The van der Waals surface area contributed by atoms with Crippen LogP contribution in [0.5, 0.6) is 5.75 Å². The molecule has 1 aliphatic heterocycles. The lowest BCUT2D eigenvalue weighted by Crippen LogP contribution is -2.40. The highest BCUT2D eigenvalue weighted by Crippen LogP contribution is 2.17. The first kappa shape index (κ1) is 19.2. The Bertz CT molecular complexity index is 715. The minimum atomic E-state index is -3.06. The van der Waals surface area contributed by atoms with Crippen molar-refractivity contribution < 1.29 is 22.7 Å². The van der Waals surface area contributed by atoms with Crippen LogP contribution < -0.4 is 10.1 Å². The molecule has 1 N–H and O–H groups in total. The zero-order valence-corrected chi connectivity index (χ0v) is 15.3. The highest BCUT2D eigenvalue weighted by Gasteiger charge is 2.33. The highest BCUT2D eigenvalue weighted by molar-refractivity contribution is 7.91. The first-order valence-corrected chi connectivity index (χ1v) is 9.98. The molecule has 1 heterocycles. The van der Waals surface area contributed by atoms with Crippen LogP contribution in [0.2, 0.25) is 0 Å². The van der Waals surface area contributed by atoms with E-state index in [1.54, 1.807) is 14.2 Å². The standard InChI is InChI=1S/C17H24N2O5S/c1-19(14-8-10-25(22,23)12-14)17(21)11-16(20)18-9-7-13-3-5-15(24-2)6-4-13/h3-6,14H,7-12H2,1-2H3,(H,18,20). The summed E-state index contributed by atoms with van der Waals surface area (Å²) in [5.41, 5.74) is 1.06. The van der Waals surface area contributed by atoms with Crippen LogP contribution in [0.4, 0.5) is 0 Å². The van der Waals surface area contributed by atoms with Gasteiger partial charge < -0.3 is 15.0 Å². The van der Waals surface area contributed by atoms with Gasteiger partial charge in [0.1, 0.15) is 12.2 Å². The van der Waals surface area contributed by atoms with Gasteiger partial charge in [-0.2, -0.15) is 0 Å². The fourth-order valence-electron chi connectivity index (χ4n) is 2.75. The van der Waals surface area contributed by atoms with Crippen molar-refractivity contribution in [2.24, 2.45) is 0 Å². The number of benzene rings is 1. The first-order chi connectivity index (χ1) is 11.8. The fraction of sp³-hybridized carbons (Fsp3) is 0.529. The molecule has 1 aromatic carbocycles. The van der Waals surface area contributed by atoms with Crippen LogP contribution >= 0.6 is 0 Å². The maximum Gasteiger partial charge on any atom is 0.232 e. The molecule has 0 spiro atoms. The van der Waals surface area contributed by atoms with Gasteiger partial charge in [-0.05, 0) is 30.5 Å². The summed E-state index contributed by atoms with van der Waals surface area (Å²) in [6, 6.07) is 7.22. The summed E-state index contributed by atoms with van der Waals surface area (Å²) in [5, 5.41) is 2.72. The summed E-state index contributed by atoms with van der Waals surface area (Å²) in [6.07, 6.45) is 0.819. The summed E-state index contributed by atoms with van der Waals surface area (Å²) in [6.45, 7) is 0.431. The Balaban J connectivity index is 1.73. The Hall–Kier alpha value is -2.09. The van der Waals surface area contributed by atoms with Crippen molar-refractivity contribution in [2.45, 2.75) is 25.3 Å². The van der Waals surface area contributed by atoms with E-state index in [4.69, 9.17) is 4.74 Å². The van der Waals surface area contributed by atoms with Gasteiger partial charge in [-0.1, -0.05) is 12.1 Å². The number of nitrogens with one attached hydrogen (secondary N) is 1. The second kappa shape index (κ2) is 8.33. The number of methoxy groups -OCH3 is 1. The average molecular weight is 368 g/mol. The molecule has 0 aliphatic carbocycles. The molecule has 1 saturated heterocycles. The maximum absolute atomic E-state index is 12.1. The van der Waals surface area contributed by atoms with Gasteiger partial charge in [-0.25, -0.2) is 8.42 Å². The van der Waals surface area contributed by atoms with Crippen LogP contribution in [-0.2, 0) is 25.8 Å². The van der Waals surface area contributed by atoms with Crippen LogP contribution in [0.3, 0.4) is 0 Å². The van der Waals surface area contributed by atoms with Gasteiger partial charge in [0.15, 0.2) is 9.84 Å². The SMILES string of the molecule is COc1ccc(CCNC(=O)CC(=O)N(C)C2CCS(=O)(=O)C2)cc1. The van der Waals surface area contributed by atoms with Gasteiger partial charge in [-0.3, -0.25) is 9.59 Å². The summed E-state index contributed by atoms with van der Waals surface area (Å²) < 4.78 is 28.0. The molecule has 1 atom stereocenters.